The van der Waals surface area contributed by atoms with Gasteiger partial charge in [0.2, 0.25) is 11.9 Å². The average Bonchev–Trinajstić information content (AvgIpc) is 3.96. The number of nitrogens with zero attached hydrogens (tertiary/aromatic N) is 9. The van der Waals surface area contributed by atoms with E-state index < -0.39 is 11.8 Å². The Kier molecular flexibility index (Phi) is 13.5. The molecule has 13 nitrogen and oxygen atoms in total. The lowest BCUT2D eigenvalue weighted by Crippen LogP contribution is -2.11. The minimum Gasteiger partial charge on any atom is -0.354 e. The highest BCUT2D eigenvalue weighted by Crippen LogP contribution is 2.32. The van der Waals surface area contributed by atoms with E-state index in [9.17, 15) is 10.5 Å². The van der Waals surface area contributed by atoms with Crippen molar-refractivity contribution in [2.24, 2.45) is 0 Å². The fourth-order valence-corrected chi connectivity index (χ4v) is 8.74. The number of hydrogen-bond acceptors (Lipinski definition) is 15. The van der Waals surface area contributed by atoms with Crippen molar-refractivity contribution in [1.82, 2.24) is 29.9 Å². The van der Waals surface area contributed by atoms with Gasteiger partial charge < -0.3 is 10.6 Å². The Hall–Kier alpha value is -7.66. The third kappa shape index (κ3) is 10.6. The summed E-state index contributed by atoms with van der Waals surface area (Å²) in [6.07, 6.45) is 4.87. The van der Waals surface area contributed by atoms with Crippen molar-refractivity contribution < 1.29 is 10.4 Å². The molecule has 0 saturated heterocycles. The summed E-state index contributed by atoms with van der Waals surface area (Å²) < 4.78 is 2.11. The molecule has 310 valence electrons. The van der Waals surface area contributed by atoms with Gasteiger partial charge in [-0.25, -0.2) is 29.9 Å². The molecule has 0 amide bonds. The fraction of sp³-hybridized carbons (Fsp3) is 0.125. The molecule has 5 aromatic carbocycles. The normalized spacial score (nSPS) is 11.7. The zero-order chi connectivity index (χ0) is 43.4. The van der Waals surface area contributed by atoms with Crippen molar-refractivity contribution in [1.29, 1.82) is 10.5 Å². The van der Waals surface area contributed by atoms with Crippen molar-refractivity contribution in [3.05, 3.63) is 184 Å². The van der Waals surface area contributed by atoms with Crippen molar-refractivity contribution in [2.75, 3.05) is 28.9 Å². The largest absolute Gasteiger partial charge is 0.354 e. The maximum absolute atomic E-state index is 9.81. The second-order valence-corrected chi connectivity index (χ2v) is 16.3. The lowest BCUT2D eigenvalue weighted by Gasteiger charge is -2.10. The standard InChI is InChI=1S/C27H21N5S.C21H18N6O2S/c28-18-22(26-31-24-8-4-5-9-25(24)33-26)23-15-17-30-27(32-23)29-16-14-19-10-12-21(13-11-19)20-6-2-1-3-7-20;22-13-16(20-25-18-3-1-2-4-19(18)30-20)17-10-12-24-21(26-17)23-11-9-14-5-7-15(8-6-14)27(28)29/h1-13,15,17,22H,14,16H2,(H,29,30,32);1-8,10,12,16,28-29H,9,11H2,(H,23,24,26). The summed E-state index contributed by atoms with van der Waals surface area (Å²) in [5.41, 5.74) is 8.01. The monoisotopic (exact) mass is 865 g/mol. The zero-order valence-electron chi connectivity index (χ0n) is 33.7. The SMILES string of the molecule is N#CC(c1ccnc(NCCc2ccc(-c3ccccc3)cc2)n1)c1nc2ccccc2s1.N#CC(c1ccnc(NCCc2ccc(N(O)O)cc2)n1)c1nc2ccccc2s1. The predicted octanol–water partition coefficient (Wildman–Crippen LogP) is 10.0. The van der Waals surface area contributed by atoms with E-state index in [0.29, 0.717) is 53.5 Å². The lowest BCUT2D eigenvalue weighted by molar-refractivity contribution is 0.0291. The number of aromatic nitrogens is 6. The Morgan fingerprint density at radius 2 is 0.968 bits per heavy atom. The van der Waals surface area contributed by atoms with E-state index in [2.05, 4.69) is 101 Å². The van der Waals surface area contributed by atoms with Crippen LogP contribution in [0.5, 0.6) is 0 Å². The molecule has 0 bridgehead atoms. The smallest absolute Gasteiger partial charge is 0.222 e. The Morgan fingerprint density at radius 3 is 1.43 bits per heavy atom. The molecule has 0 radical (unpaired) electrons. The van der Waals surface area contributed by atoms with Crippen molar-refractivity contribution in [3.63, 3.8) is 0 Å². The molecular weight excluding hydrogens is 827 g/mol. The summed E-state index contributed by atoms with van der Waals surface area (Å²) in [7, 11) is 0. The number of para-hydroxylation sites is 2. The first-order chi connectivity index (χ1) is 30.9. The van der Waals surface area contributed by atoms with E-state index in [0.717, 1.165) is 37.4 Å². The van der Waals surface area contributed by atoms with Crippen LogP contribution in [0.3, 0.4) is 0 Å². The van der Waals surface area contributed by atoms with Crippen LogP contribution < -0.4 is 15.9 Å². The number of anilines is 3. The van der Waals surface area contributed by atoms with E-state index in [1.54, 1.807) is 36.7 Å². The van der Waals surface area contributed by atoms with Gasteiger partial charge in [-0.15, -0.1) is 27.9 Å². The highest BCUT2D eigenvalue weighted by molar-refractivity contribution is 7.19. The second-order valence-electron chi connectivity index (χ2n) is 14.1. The van der Waals surface area contributed by atoms with Crippen LogP contribution in [0.4, 0.5) is 17.6 Å². The van der Waals surface area contributed by atoms with Gasteiger partial charge >= 0.3 is 0 Å². The first-order valence-electron chi connectivity index (χ1n) is 20.0. The number of thiazole rings is 2. The van der Waals surface area contributed by atoms with E-state index in [1.807, 2.05) is 66.7 Å². The quantitative estimate of drug-likeness (QED) is 0.0756. The molecule has 9 aromatic rings. The van der Waals surface area contributed by atoms with Crippen LogP contribution in [0.1, 0.15) is 44.4 Å². The molecule has 15 heteroatoms. The molecule has 0 aliphatic heterocycles. The molecule has 0 spiro atoms. The second kappa shape index (κ2) is 20.3. The van der Waals surface area contributed by atoms with Gasteiger partial charge in [0.25, 0.3) is 0 Å². The predicted molar refractivity (Wildman–Crippen MR) is 247 cm³/mol. The number of nitriles is 2. The summed E-state index contributed by atoms with van der Waals surface area (Å²) in [4.78, 5) is 26.9. The molecule has 0 aliphatic rings. The van der Waals surface area contributed by atoms with Gasteiger partial charge in [-0.3, -0.25) is 10.4 Å². The van der Waals surface area contributed by atoms with Crippen molar-refractivity contribution in [3.8, 4) is 23.3 Å². The zero-order valence-corrected chi connectivity index (χ0v) is 35.3. The topological polar surface area (TPSA) is 193 Å². The molecule has 4 heterocycles. The number of benzene rings is 5. The summed E-state index contributed by atoms with van der Waals surface area (Å²) in [6, 6.07) is 49.7. The van der Waals surface area contributed by atoms with Gasteiger partial charge in [-0.1, -0.05) is 91.0 Å². The number of rotatable bonds is 14. The van der Waals surface area contributed by atoms with Gasteiger partial charge in [0.1, 0.15) is 21.9 Å². The Balaban J connectivity index is 0.000000174. The van der Waals surface area contributed by atoms with E-state index >= 15 is 0 Å². The van der Waals surface area contributed by atoms with E-state index in [4.69, 9.17) is 10.4 Å². The van der Waals surface area contributed by atoms with Crippen molar-refractivity contribution in [2.45, 2.75) is 24.7 Å². The molecule has 2 unspecified atom stereocenters. The van der Waals surface area contributed by atoms with Gasteiger partial charge in [0.15, 0.2) is 0 Å². The maximum Gasteiger partial charge on any atom is 0.222 e. The summed E-state index contributed by atoms with van der Waals surface area (Å²) >= 11 is 3.03. The van der Waals surface area contributed by atoms with Crippen LogP contribution in [0.25, 0.3) is 31.6 Å². The van der Waals surface area contributed by atoms with Crippen LogP contribution >= 0.6 is 22.7 Å². The molecule has 4 N–H and O–H groups in total. The molecule has 0 fully saturated rings. The van der Waals surface area contributed by atoms with E-state index in [-0.39, 0.29) is 5.23 Å². The summed E-state index contributed by atoms with van der Waals surface area (Å²) in [6.45, 7) is 1.29. The Bertz CT molecular complexity index is 2930. The molecule has 4 aromatic heterocycles. The first kappa shape index (κ1) is 42.0. The minimum absolute atomic E-state index is 0.0818. The molecule has 63 heavy (non-hydrogen) atoms. The summed E-state index contributed by atoms with van der Waals surface area (Å²) in [5.74, 6) is -0.105. The lowest BCUT2D eigenvalue weighted by atomic mass is 10.0. The van der Waals surface area contributed by atoms with Crippen LogP contribution in [-0.4, -0.2) is 53.4 Å². The third-order valence-electron chi connectivity index (χ3n) is 9.94. The number of fused-ring (bicyclic) bond motifs is 2. The van der Waals surface area contributed by atoms with Gasteiger partial charge in [-0.05, 0) is 83.6 Å². The minimum atomic E-state index is -0.557. The van der Waals surface area contributed by atoms with Crippen LogP contribution in [0.15, 0.2) is 152 Å². The van der Waals surface area contributed by atoms with E-state index in [1.165, 1.54) is 39.4 Å². The van der Waals surface area contributed by atoms with Crippen LogP contribution in [0.2, 0.25) is 0 Å². The highest BCUT2D eigenvalue weighted by Gasteiger charge is 2.21. The van der Waals surface area contributed by atoms with Crippen molar-refractivity contribution >= 4 is 60.7 Å². The summed E-state index contributed by atoms with van der Waals surface area (Å²) in [5, 5.41) is 45.5. The molecular formula is C48H39N11O2S2. The maximum atomic E-state index is 9.81. The first-order valence-corrected chi connectivity index (χ1v) is 21.6. The fourth-order valence-electron chi connectivity index (χ4n) is 6.69. The Morgan fingerprint density at radius 1 is 0.524 bits per heavy atom. The molecule has 0 saturated carbocycles. The molecule has 9 rings (SSSR count). The van der Waals surface area contributed by atoms with Crippen LogP contribution in [0, 0.1) is 22.7 Å². The van der Waals surface area contributed by atoms with Gasteiger partial charge in [0, 0.05) is 25.5 Å². The molecule has 0 aliphatic carbocycles. The number of hydrogen-bond donors (Lipinski definition) is 4. The Labute approximate surface area is 371 Å². The van der Waals surface area contributed by atoms with Crippen LogP contribution in [-0.2, 0) is 12.8 Å². The average molecular weight is 866 g/mol. The van der Waals surface area contributed by atoms with Gasteiger partial charge in [0.05, 0.1) is 49.6 Å². The van der Waals surface area contributed by atoms with Gasteiger partial charge in [-0.2, -0.15) is 10.5 Å². The number of nitrogens with one attached hydrogen (secondary N) is 2. The molecule has 2 atom stereocenters. The highest BCUT2D eigenvalue weighted by atomic mass is 32.1. The third-order valence-corrected chi connectivity index (χ3v) is 12.1.